The van der Waals surface area contributed by atoms with Crippen molar-refractivity contribution in [2.75, 3.05) is 6.61 Å². The molecular weight excluding hydrogens is 279 g/mol. The molecule has 0 fully saturated rings. The number of hydrogen-bond acceptors (Lipinski definition) is 3. The summed E-state index contributed by atoms with van der Waals surface area (Å²) in [6.07, 6.45) is 3.44. The first-order chi connectivity index (χ1) is 6.47. The lowest BCUT2D eigenvalue weighted by atomic mass is 9.82. The molecule has 0 saturated heterocycles. The Labute approximate surface area is 105 Å². The minimum absolute atomic E-state index is 0. The molecule has 1 heterocycles. The van der Waals surface area contributed by atoms with Gasteiger partial charge in [0.1, 0.15) is 0 Å². The zero-order valence-corrected chi connectivity index (χ0v) is 11.2. The minimum atomic E-state index is -0.331. The summed E-state index contributed by atoms with van der Waals surface area (Å²) in [5.41, 5.74) is 6.63. The second-order valence-electron chi connectivity index (χ2n) is 4.06. The van der Waals surface area contributed by atoms with Crippen LogP contribution in [0, 0.1) is 5.41 Å². The minimum Gasteiger partial charge on any atom is -0.396 e. The molecule has 15 heavy (non-hydrogen) atoms. The van der Waals surface area contributed by atoms with Gasteiger partial charge >= 0.3 is 0 Å². The van der Waals surface area contributed by atoms with Crippen LogP contribution < -0.4 is 5.73 Å². The molecule has 1 rings (SSSR count). The second kappa shape index (κ2) is 5.80. The van der Waals surface area contributed by atoms with Crippen LogP contribution in [-0.4, -0.2) is 16.7 Å². The van der Waals surface area contributed by atoms with Crippen molar-refractivity contribution in [2.24, 2.45) is 11.1 Å². The van der Waals surface area contributed by atoms with E-state index in [-0.39, 0.29) is 30.5 Å². The molecule has 0 aromatic carbocycles. The van der Waals surface area contributed by atoms with Crippen LogP contribution in [0.2, 0.25) is 0 Å². The third-order valence-corrected chi connectivity index (χ3v) is 2.77. The molecule has 1 aromatic heterocycles. The molecule has 86 valence electrons. The highest BCUT2D eigenvalue weighted by molar-refractivity contribution is 9.10. The van der Waals surface area contributed by atoms with Gasteiger partial charge in [0.05, 0.1) is 0 Å². The summed E-state index contributed by atoms with van der Waals surface area (Å²) in [6.45, 7) is 3.91. The molecule has 0 radical (unpaired) electrons. The van der Waals surface area contributed by atoms with E-state index in [2.05, 4.69) is 20.9 Å². The van der Waals surface area contributed by atoms with Gasteiger partial charge in [0.2, 0.25) is 0 Å². The van der Waals surface area contributed by atoms with Gasteiger partial charge < -0.3 is 10.8 Å². The molecule has 0 unspecified atom stereocenters. The Kier molecular flexibility index (Phi) is 5.73. The molecule has 0 bridgehead atoms. The third kappa shape index (κ3) is 3.72. The number of rotatable bonds is 3. The number of nitrogens with two attached hydrogens (primary N) is 1. The van der Waals surface area contributed by atoms with E-state index in [9.17, 15) is 5.11 Å². The van der Waals surface area contributed by atoms with Crippen LogP contribution in [0.4, 0.5) is 0 Å². The molecular formula is C10H16BrClN2O. The average Bonchev–Trinajstić information content (AvgIpc) is 2.16. The Morgan fingerprint density at radius 2 is 2.13 bits per heavy atom. The second-order valence-corrected chi connectivity index (χ2v) is 4.98. The van der Waals surface area contributed by atoms with E-state index < -0.39 is 0 Å². The summed E-state index contributed by atoms with van der Waals surface area (Å²) in [7, 11) is 0. The first kappa shape index (κ1) is 14.8. The first-order valence-electron chi connectivity index (χ1n) is 4.44. The summed E-state index contributed by atoms with van der Waals surface area (Å²) in [5.74, 6) is 0. The van der Waals surface area contributed by atoms with Gasteiger partial charge in [-0.15, -0.1) is 12.4 Å². The Balaban J connectivity index is 0.00000196. The topological polar surface area (TPSA) is 59.1 Å². The maximum atomic E-state index is 9.18. The van der Waals surface area contributed by atoms with Crippen molar-refractivity contribution in [3.05, 3.63) is 28.5 Å². The lowest BCUT2D eigenvalue weighted by Crippen LogP contribution is -2.32. The van der Waals surface area contributed by atoms with E-state index >= 15 is 0 Å². The SMILES string of the molecule is CC(C)(CO)[C@@H](N)c1cncc(Br)c1.Cl. The molecule has 1 aromatic rings. The standard InChI is InChI=1S/C10H15BrN2O.ClH/c1-10(2,6-14)9(12)7-3-8(11)5-13-4-7;/h3-5,9,14H,6,12H2,1-2H3;1H/t9-;/m0./s1. The maximum absolute atomic E-state index is 9.18. The number of pyridine rings is 1. The van der Waals surface area contributed by atoms with Crippen molar-refractivity contribution in [2.45, 2.75) is 19.9 Å². The fourth-order valence-electron chi connectivity index (χ4n) is 1.15. The molecule has 0 aliphatic heterocycles. The largest absolute Gasteiger partial charge is 0.396 e. The van der Waals surface area contributed by atoms with E-state index in [1.807, 2.05) is 19.9 Å². The van der Waals surface area contributed by atoms with Crippen LogP contribution in [0.5, 0.6) is 0 Å². The number of aromatic nitrogens is 1. The summed E-state index contributed by atoms with van der Waals surface area (Å²) in [5, 5.41) is 9.18. The number of hydrogen-bond donors (Lipinski definition) is 2. The van der Waals surface area contributed by atoms with Crippen molar-refractivity contribution >= 4 is 28.3 Å². The van der Waals surface area contributed by atoms with Gasteiger partial charge in [-0.3, -0.25) is 4.98 Å². The monoisotopic (exact) mass is 294 g/mol. The van der Waals surface area contributed by atoms with Gasteiger partial charge in [0.25, 0.3) is 0 Å². The molecule has 0 amide bonds. The van der Waals surface area contributed by atoms with Crippen LogP contribution in [0.1, 0.15) is 25.5 Å². The highest BCUT2D eigenvalue weighted by atomic mass is 79.9. The van der Waals surface area contributed by atoms with E-state index in [1.165, 1.54) is 0 Å². The van der Waals surface area contributed by atoms with Gasteiger partial charge in [0, 0.05) is 34.9 Å². The van der Waals surface area contributed by atoms with Crippen LogP contribution in [0.3, 0.4) is 0 Å². The normalized spacial score (nSPS) is 13.1. The predicted molar refractivity (Wildman–Crippen MR) is 67.0 cm³/mol. The highest BCUT2D eigenvalue weighted by Gasteiger charge is 2.27. The number of aliphatic hydroxyl groups is 1. The van der Waals surface area contributed by atoms with Crippen molar-refractivity contribution in [1.82, 2.24) is 4.98 Å². The Bertz CT molecular complexity index is 320. The molecule has 1 atom stereocenters. The fourth-order valence-corrected chi connectivity index (χ4v) is 1.53. The van der Waals surface area contributed by atoms with Gasteiger partial charge in [-0.2, -0.15) is 0 Å². The Morgan fingerprint density at radius 1 is 1.53 bits per heavy atom. The Morgan fingerprint density at radius 3 is 2.60 bits per heavy atom. The fraction of sp³-hybridized carbons (Fsp3) is 0.500. The van der Waals surface area contributed by atoms with Crippen molar-refractivity contribution < 1.29 is 5.11 Å². The van der Waals surface area contributed by atoms with Crippen molar-refractivity contribution in [3.63, 3.8) is 0 Å². The van der Waals surface area contributed by atoms with E-state index in [0.717, 1.165) is 10.0 Å². The molecule has 3 nitrogen and oxygen atoms in total. The first-order valence-corrected chi connectivity index (χ1v) is 5.23. The molecule has 0 saturated carbocycles. The number of nitrogens with zero attached hydrogens (tertiary/aromatic N) is 1. The van der Waals surface area contributed by atoms with Crippen LogP contribution in [0.25, 0.3) is 0 Å². The quantitative estimate of drug-likeness (QED) is 0.899. The van der Waals surface area contributed by atoms with Crippen molar-refractivity contribution in [1.29, 1.82) is 0 Å². The zero-order chi connectivity index (χ0) is 10.8. The zero-order valence-electron chi connectivity index (χ0n) is 8.77. The number of halogens is 2. The van der Waals surface area contributed by atoms with Crippen LogP contribution in [-0.2, 0) is 0 Å². The predicted octanol–water partition coefficient (Wildman–Crippen LogP) is 2.28. The van der Waals surface area contributed by atoms with Gasteiger partial charge in [-0.25, -0.2) is 0 Å². The molecule has 0 aliphatic carbocycles. The summed E-state index contributed by atoms with van der Waals surface area (Å²) in [6, 6.07) is 1.72. The molecule has 0 aliphatic rings. The van der Waals surface area contributed by atoms with Gasteiger partial charge in [-0.05, 0) is 27.6 Å². The smallest absolute Gasteiger partial charge is 0.0500 e. The van der Waals surface area contributed by atoms with E-state index in [0.29, 0.717) is 0 Å². The summed E-state index contributed by atoms with van der Waals surface area (Å²) < 4.78 is 0.902. The molecule has 5 heteroatoms. The lowest BCUT2D eigenvalue weighted by Gasteiger charge is -2.29. The third-order valence-electron chi connectivity index (χ3n) is 2.33. The van der Waals surface area contributed by atoms with Gasteiger partial charge in [0.15, 0.2) is 0 Å². The molecule has 0 spiro atoms. The average molecular weight is 296 g/mol. The van der Waals surface area contributed by atoms with Gasteiger partial charge in [-0.1, -0.05) is 13.8 Å². The maximum Gasteiger partial charge on any atom is 0.0500 e. The van der Waals surface area contributed by atoms with Crippen molar-refractivity contribution in [3.8, 4) is 0 Å². The summed E-state index contributed by atoms with van der Waals surface area (Å²) >= 11 is 3.34. The Hall–Kier alpha value is -0.160. The van der Waals surface area contributed by atoms with Crippen LogP contribution in [0.15, 0.2) is 22.9 Å². The highest BCUT2D eigenvalue weighted by Crippen LogP contribution is 2.30. The summed E-state index contributed by atoms with van der Waals surface area (Å²) in [4.78, 5) is 4.04. The van der Waals surface area contributed by atoms with E-state index in [1.54, 1.807) is 12.4 Å². The lowest BCUT2D eigenvalue weighted by molar-refractivity contribution is 0.132. The van der Waals surface area contributed by atoms with E-state index in [4.69, 9.17) is 5.73 Å². The van der Waals surface area contributed by atoms with Crippen LogP contribution >= 0.6 is 28.3 Å². The molecule has 3 N–H and O–H groups in total. The number of aliphatic hydroxyl groups excluding tert-OH is 1.